The number of nitrogens with one attached hydrogen (secondary N) is 2. The van der Waals surface area contributed by atoms with Crippen molar-refractivity contribution in [3.8, 4) is 0 Å². The van der Waals surface area contributed by atoms with Gasteiger partial charge in [0.05, 0.1) is 0 Å². The summed E-state index contributed by atoms with van der Waals surface area (Å²) in [6.45, 7) is 8.59. The van der Waals surface area contributed by atoms with Crippen LogP contribution in [-0.2, 0) is 0 Å². The Bertz CT molecular complexity index is 339. The molecule has 0 radical (unpaired) electrons. The molecule has 4 aliphatic carbocycles. The molecular formula is C20H42N2S2. The van der Waals surface area contributed by atoms with E-state index < -0.39 is 0 Å². The van der Waals surface area contributed by atoms with Crippen molar-refractivity contribution in [2.45, 2.75) is 84.1 Å². The molecule has 144 valence electrons. The van der Waals surface area contributed by atoms with Crippen LogP contribution in [0.4, 0.5) is 0 Å². The van der Waals surface area contributed by atoms with Crippen LogP contribution in [0.2, 0.25) is 0 Å². The lowest BCUT2D eigenvalue weighted by Gasteiger charge is -2.60. The second kappa shape index (κ2) is 10.7. The number of fused-ring (bicyclic) bond motifs is 2. The highest BCUT2D eigenvalue weighted by molar-refractivity contribution is 7.59. The summed E-state index contributed by atoms with van der Waals surface area (Å²) >= 11 is 0. The van der Waals surface area contributed by atoms with Crippen LogP contribution in [0.15, 0.2) is 0 Å². The van der Waals surface area contributed by atoms with Crippen LogP contribution in [0.5, 0.6) is 0 Å². The molecule has 0 amide bonds. The highest BCUT2D eigenvalue weighted by Crippen LogP contribution is 2.61. The first-order chi connectivity index (χ1) is 10.7. The summed E-state index contributed by atoms with van der Waals surface area (Å²) in [5.41, 5.74) is 0.641. The molecule has 2 unspecified atom stereocenters. The lowest BCUT2D eigenvalue weighted by Crippen LogP contribution is -2.54. The molecule has 2 N–H and O–H groups in total. The van der Waals surface area contributed by atoms with E-state index in [2.05, 4.69) is 24.5 Å². The van der Waals surface area contributed by atoms with Gasteiger partial charge in [0.1, 0.15) is 0 Å². The van der Waals surface area contributed by atoms with Crippen LogP contribution in [0.3, 0.4) is 0 Å². The molecule has 0 aromatic heterocycles. The van der Waals surface area contributed by atoms with E-state index in [4.69, 9.17) is 0 Å². The van der Waals surface area contributed by atoms with Crippen molar-refractivity contribution in [1.29, 1.82) is 0 Å². The number of hydrogen-bond donors (Lipinski definition) is 2. The van der Waals surface area contributed by atoms with Gasteiger partial charge in [-0.05, 0) is 61.8 Å². The van der Waals surface area contributed by atoms with Crippen molar-refractivity contribution in [2.75, 3.05) is 19.6 Å². The van der Waals surface area contributed by atoms with E-state index in [-0.39, 0.29) is 27.0 Å². The van der Waals surface area contributed by atoms with Crippen LogP contribution >= 0.6 is 27.0 Å². The first-order valence-electron chi connectivity index (χ1n) is 10.1. The summed E-state index contributed by atoms with van der Waals surface area (Å²) in [5.74, 6) is 2.98. The molecule has 4 saturated carbocycles. The van der Waals surface area contributed by atoms with Crippen LogP contribution in [0.25, 0.3) is 0 Å². The van der Waals surface area contributed by atoms with E-state index in [0.29, 0.717) is 5.41 Å². The normalized spacial score (nSPS) is 32.5. The summed E-state index contributed by atoms with van der Waals surface area (Å²) in [4.78, 5) is 0. The maximum atomic E-state index is 3.80. The highest BCUT2D eigenvalue weighted by Gasteiger charge is 2.53. The molecule has 0 aliphatic heterocycles. The zero-order valence-electron chi connectivity index (χ0n) is 16.0. The Morgan fingerprint density at radius 3 is 2.12 bits per heavy atom. The first-order valence-corrected chi connectivity index (χ1v) is 10.1. The Balaban J connectivity index is 0.00000144. The topological polar surface area (TPSA) is 24.1 Å². The van der Waals surface area contributed by atoms with Gasteiger partial charge in [0, 0.05) is 19.1 Å². The minimum absolute atomic E-state index is 0. The van der Waals surface area contributed by atoms with Gasteiger partial charge in [-0.3, -0.25) is 0 Å². The van der Waals surface area contributed by atoms with E-state index in [0.717, 1.165) is 36.9 Å². The summed E-state index contributed by atoms with van der Waals surface area (Å²) in [5, 5.41) is 7.55. The predicted molar refractivity (Wildman–Crippen MR) is 116 cm³/mol. The average Bonchev–Trinajstić information content (AvgIpc) is 2.48. The largest absolute Gasteiger partial charge is 0.315 e. The molecule has 4 fully saturated rings. The fourth-order valence-corrected chi connectivity index (χ4v) is 5.52. The van der Waals surface area contributed by atoms with Gasteiger partial charge in [0.15, 0.2) is 0 Å². The number of rotatable bonds is 6. The SMILES string of the molecule is CC1(C)C2CCC(CNCCNC3CCCCCCC3)[C@@H]1C2.S.S. The van der Waals surface area contributed by atoms with Crippen LogP contribution in [0, 0.1) is 23.2 Å². The predicted octanol–water partition coefficient (Wildman–Crippen LogP) is 4.58. The van der Waals surface area contributed by atoms with Crippen LogP contribution < -0.4 is 10.6 Å². The Kier molecular flexibility index (Phi) is 10.1. The molecule has 4 rings (SSSR count). The summed E-state index contributed by atoms with van der Waals surface area (Å²) in [6.07, 6.45) is 14.5. The van der Waals surface area contributed by atoms with E-state index >= 15 is 0 Å². The molecule has 0 saturated heterocycles. The minimum atomic E-state index is 0. The summed E-state index contributed by atoms with van der Waals surface area (Å²) < 4.78 is 0. The van der Waals surface area contributed by atoms with Crippen molar-refractivity contribution >= 4 is 27.0 Å². The lowest BCUT2D eigenvalue weighted by molar-refractivity contribution is -0.103. The third-order valence-corrected chi connectivity index (χ3v) is 7.25. The molecule has 4 heteroatoms. The van der Waals surface area contributed by atoms with E-state index in [1.165, 1.54) is 70.8 Å². The lowest BCUT2D eigenvalue weighted by atomic mass is 9.45. The van der Waals surface area contributed by atoms with Crippen molar-refractivity contribution in [3.63, 3.8) is 0 Å². The van der Waals surface area contributed by atoms with Gasteiger partial charge in [0.25, 0.3) is 0 Å². The Labute approximate surface area is 164 Å². The second-order valence-corrected chi connectivity index (χ2v) is 8.90. The van der Waals surface area contributed by atoms with Gasteiger partial charge >= 0.3 is 0 Å². The smallest absolute Gasteiger partial charge is 0.00793 e. The van der Waals surface area contributed by atoms with Crippen molar-refractivity contribution in [1.82, 2.24) is 10.6 Å². The minimum Gasteiger partial charge on any atom is -0.315 e. The quantitative estimate of drug-likeness (QED) is 0.665. The Morgan fingerprint density at radius 1 is 0.833 bits per heavy atom. The molecule has 4 aliphatic rings. The fourth-order valence-electron chi connectivity index (χ4n) is 5.52. The van der Waals surface area contributed by atoms with Crippen molar-refractivity contribution < 1.29 is 0 Å². The zero-order valence-corrected chi connectivity index (χ0v) is 18.0. The van der Waals surface area contributed by atoms with Crippen molar-refractivity contribution in [2.24, 2.45) is 23.2 Å². The van der Waals surface area contributed by atoms with Crippen LogP contribution in [0.1, 0.15) is 78.1 Å². The Morgan fingerprint density at radius 2 is 1.50 bits per heavy atom. The highest BCUT2D eigenvalue weighted by atomic mass is 32.1. The summed E-state index contributed by atoms with van der Waals surface area (Å²) in [6, 6.07) is 0.795. The maximum Gasteiger partial charge on any atom is 0.00793 e. The number of hydrogen-bond acceptors (Lipinski definition) is 2. The summed E-state index contributed by atoms with van der Waals surface area (Å²) in [7, 11) is 0. The average molecular weight is 375 g/mol. The van der Waals surface area contributed by atoms with Gasteiger partial charge in [-0.1, -0.05) is 46.0 Å². The van der Waals surface area contributed by atoms with Gasteiger partial charge < -0.3 is 10.6 Å². The molecule has 3 atom stereocenters. The molecule has 2 nitrogen and oxygen atoms in total. The molecule has 0 heterocycles. The molecular weight excluding hydrogens is 332 g/mol. The monoisotopic (exact) mass is 374 g/mol. The third-order valence-electron chi connectivity index (χ3n) is 7.25. The third kappa shape index (κ3) is 5.56. The fraction of sp³-hybridized carbons (Fsp3) is 1.00. The van der Waals surface area contributed by atoms with E-state index in [1.54, 1.807) is 0 Å². The molecule has 0 spiro atoms. The zero-order chi connectivity index (χ0) is 15.4. The van der Waals surface area contributed by atoms with Crippen LogP contribution in [-0.4, -0.2) is 25.7 Å². The van der Waals surface area contributed by atoms with Crippen molar-refractivity contribution in [3.05, 3.63) is 0 Å². The van der Waals surface area contributed by atoms with Gasteiger partial charge in [-0.25, -0.2) is 0 Å². The first kappa shape index (κ1) is 22.7. The van der Waals surface area contributed by atoms with Gasteiger partial charge in [0.2, 0.25) is 0 Å². The molecule has 2 bridgehead atoms. The second-order valence-electron chi connectivity index (χ2n) is 8.90. The van der Waals surface area contributed by atoms with Gasteiger partial charge in [-0.2, -0.15) is 27.0 Å². The molecule has 0 aromatic carbocycles. The molecule has 24 heavy (non-hydrogen) atoms. The maximum absolute atomic E-state index is 3.80. The Hall–Kier alpha value is 0.620. The molecule has 0 aromatic rings. The van der Waals surface area contributed by atoms with Gasteiger partial charge in [-0.15, -0.1) is 0 Å². The standard InChI is InChI=1S/C20H38N2.2H2S/c1-20(2)17-11-10-16(19(20)14-17)15-21-12-13-22-18-8-6-4-3-5-7-9-18;;/h16-19,21-22H,3-15H2,1-2H3;2*1H2/t16?,17?,19-;;/m0../s1. The van der Waals surface area contributed by atoms with E-state index in [1.807, 2.05) is 0 Å². The van der Waals surface area contributed by atoms with E-state index in [9.17, 15) is 0 Å².